The van der Waals surface area contributed by atoms with Crippen molar-refractivity contribution in [2.75, 3.05) is 26.0 Å². The molecule has 0 bridgehead atoms. The predicted octanol–water partition coefficient (Wildman–Crippen LogP) is 1.85. The largest absolute Gasteiger partial charge is 0.384 e. The first-order valence-corrected chi connectivity index (χ1v) is 13.5. The summed E-state index contributed by atoms with van der Waals surface area (Å²) in [5, 5.41) is 8.31. The molecule has 2 aromatic heterocycles. The van der Waals surface area contributed by atoms with E-state index in [1.54, 1.807) is 30.1 Å². The zero-order chi connectivity index (χ0) is 24.5. The van der Waals surface area contributed by atoms with E-state index in [4.69, 9.17) is 16.3 Å². The maximum Gasteiger partial charge on any atom is 0.245 e. The second kappa shape index (κ2) is 9.98. The summed E-state index contributed by atoms with van der Waals surface area (Å²) in [5.41, 5.74) is 1.97. The van der Waals surface area contributed by atoms with Crippen LogP contribution in [-0.4, -0.2) is 67.1 Å². The molecule has 2 N–H and O–H groups in total. The highest BCUT2D eigenvalue weighted by atomic mass is 35.5. The van der Waals surface area contributed by atoms with Crippen LogP contribution in [0.3, 0.4) is 0 Å². The third-order valence-electron chi connectivity index (χ3n) is 5.35. The first kappa shape index (κ1) is 24.6. The normalized spacial score (nSPS) is 14.8. The molecule has 0 aliphatic heterocycles. The van der Waals surface area contributed by atoms with Gasteiger partial charge in [0.1, 0.15) is 5.01 Å². The van der Waals surface area contributed by atoms with Crippen LogP contribution in [0.15, 0.2) is 24.4 Å². The van der Waals surface area contributed by atoms with Gasteiger partial charge in [-0.1, -0.05) is 11.6 Å². The van der Waals surface area contributed by atoms with Crippen LogP contribution in [0.4, 0.5) is 0 Å². The van der Waals surface area contributed by atoms with Crippen LogP contribution in [0.1, 0.15) is 23.1 Å². The molecule has 10 nitrogen and oxygen atoms in total. The number of ether oxygens (including phenoxy) is 1. The first-order valence-electron chi connectivity index (χ1n) is 10.6. The molecule has 1 aliphatic carbocycles. The number of carbonyl (C=O) groups is 2. The van der Waals surface area contributed by atoms with Crippen molar-refractivity contribution in [1.29, 1.82) is 0 Å². The Bertz CT molecular complexity index is 1330. The molecular weight excluding hydrogens is 502 g/mol. The number of carbonyl (C=O) groups excluding carboxylic acids is 2. The average Bonchev–Trinajstić information content (AvgIpc) is 3.35. The summed E-state index contributed by atoms with van der Waals surface area (Å²) < 4.78 is 33.4. The fraction of sp³-hybridized carbons (Fsp3) is 0.429. The Labute approximate surface area is 205 Å². The van der Waals surface area contributed by atoms with E-state index in [1.807, 2.05) is 6.07 Å². The summed E-state index contributed by atoms with van der Waals surface area (Å²) in [7, 11) is -0.812. The van der Waals surface area contributed by atoms with Gasteiger partial charge in [0, 0.05) is 32.0 Å². The van der Waals surface area contributed by atoms with Crippen molar-refractivity contribution in [2.24, 2.45) is 7.05 Å². The average molecular weight is 526 g/mol. The maximum absolute atomic E-state index is 13.1. The number of aryl methyl sites for hydroxylation is 1. The van der Waals surface area contributed by atoms with Crippen molar-refractivity contribution < 1.29 is 22.7 Å². The lowest BCUT2D eigenvalue weighted by Gasteiger charge is -2.15. The van der Waals surface area contributed by atoms with Crippen molar-refractivity contribution in [1.82, 2.24) is 25.4 Å². The minimum atomic E-state index is -3.98. The highest BCUT2D eigenvalue weighted by Gasteiger charge is 2.37. The second-order valence-corrected chi connectivity index (χ2v) is 11.7. The molecule has 0 spiro atoms. The monoisotopic (exact) mass is 525 g/mol. The first-order chi connectivity index (χ1) is 16.2. The number of amides is 2. The SMILES string of the molecule is COCCS(=O)(=O)C(C(=O)NCC(=O)NC1CC1)c1nc2cc(Cl)c(-c3ccnn3C)cc2s1. The number of hydrogen-bond acceptors (Lipinski definition) is 8. The van der Waals surface area contributed by atoms with Gasteiger partial charge in [-0.15, -0.1) is 11.3 Å². The summed E-state index contributed by atoms with van der Waals surface area (Å²) in [6.45, 7) is -0.386. The number of benzene rings is 1. The molecule has 2 amide bonds. The van der Waals surface area contributed by atoms with Crippen molar-refractivity contribution >= 4 is 54.8 Å². The van der Waals surface area contributed by atoms with Gasteiger partial charge in [0.05, 0.1) is 39.8 Å². The van der Waals surface area contributed by atoms with Crippen LogP contribution in [-0.2, 0) is 31.2 Å². The van der Waals surface area contributed by atoms with Crippen LogP contribution in [0.25, 0.3) is 21.5 Å². The van der Waals surface area contributed by atoms with Gasteiger partial charge in [-0.3, -0.25) is 14.3 Å². The number of thiazole rings is 1. The van der Waals surface area contributed by atoms with Crippen molar-refractivity contribution in [2.45, 2.75) is 24.1 Å². The molecule has 1 unspecified atom stereocenters. The molecule has 1 fully saturated rings. The number of halogens is 1. The predicted molar refractivity (Wildman–Crippen MR) is 129 cm³/mol. The Kier molecular flexibility index (Phi) is 7.22. The van der Waals surface area contributed by atoms with Gasteiger partial charge >= 0.3 is 0 Å². The van der Waals surface area contributed by atoms with Gasteiger partial charge in [0.25, 0.3) is 0 Å². The Balaban J connectivity index is 1.66. The van der Waals surface area contributed by atoms with Crippen LogP contribution < -0.4 is 10.6 Å². The number of hydrogen-bond donors (Lipinski definition) is 2. The third-order valence-corrected chi connectivity index (χ3v) is 8.79. The van der Waals surface area contributed by atoms with E-state index >= 15 is 0 Å². The summed E-state index contributed by atoms with van der Waals surface area (Å²) >= 11 is 7.57. The molecule has 34 heavy (non-hydrogen) atoms. The van der Waals surface area contributed by atoms with E-state index in [0.29, 0.717) is 20.8 Å². The number of nitrogens with zero attached hydrogens (tertiary/aromatic N) is 3. The fourth-order valence-corrected chi connectivity index (χ4v) is 6.64. The summed E-state index contributed by atoms with van der Waals surface area (Å²) in [5.74, 6) is -1.54. The number of nitrogens with one attached hydrogen (secondary N) is 2. The second-order valence-electron chi connectivity index (χ2n) is 7.99. The molecule has 1 saturated carbocycles. The van der Waals surface area contributed by atoms with Gasteiger partial charge < -0.3 is 15.4 Å². The van der Waals surface area contributed by atoms with Crippen LogP contribution in [0, 0.1) is 0 Å². The van der Waals surface area contributed by atoms with E-state index < -0.39 is 21.0 Å². The number of sulfone groups is 1. The van der Waals surface area contributed by atoms with Crippen LogP contribution in [0.2, 0.25) is 5.02 Å². The lowest BCUT2D eigenvalue weighted by Crippen LogP contribution is -2.41. The number of methoxy groups -OCH3 is 1. The molecule has 182 valence electrons. The van der Waals surface area contributed by atoms with Gasteiger partial charge in [-0.2, -0.15) is 5.10 Å². The Morgan fingerprint density at radius 3 is 2.76 bits per heavy atom. The van der Waals surface area contributed by atoms with E-state index in [-0.39, 0.29) is 35.9 Å². The smallest absolute Gasteiger partial charge is 0.245 e. The molecule has 13 heteroatoms. The topological polar surface area (TPSA) is 132 Å². The Morgan fingerprint density at radius 1 is 1.35 bits per heavy atom. The molecule has 0 saturated heterocycles. The lowest BCUT2D eigenvalue weighted by atomic mass is 10.1. The third kappa shape index (κ3) is 5.40. The van der Waals surface area contributed by atoms with Crippen molar-refractivity contribution in [3.63, 3.8) is 0 Å². The number of rotatable bonds is 10. The molecule has 1 atom stereocenters. The lowest BCUT2D eigenvalue weighted by molar-refractivity contribution is -0.126. The highest BCUT2D eigenvalue weighted by Crippen LogP contribution is 2.37. The zero-order valence-corrected chi connectivity index (χ0v) is 21.0. The molecule has 4 rings (SSSR count). The van der Waals surface area contributed by atoms with Gasteiger partial charge in [-0.25, -0.2) is 13.4 Å². The fourth-order valence-electron chi connectivity index (χ4n) is 3.43. The molecule has 1 aliphatic rings. The van der Waals surface area contributed by atoms with Crippen LogP contribution in [0.5, 0.6) is 0 Å². The van der Waals surface area contributed by atoms with E-state index in [9.17, 15) is 18.0 Å². The Hall–Kier alpha value is -2.54. The van der Waals surface area contributed by atoms with Crippen molar-refractivity contribution in [3.8, 4) is 11.3 Å². The van der Waals surface area contributed by atoms with E-state index in [2.05, 4.69) is 20.7 Å². The van der Waals surface area contributed by atoms with Gasteiger partial charge in [0.15, 0.2) is 15.1 Å². The standard InChI is InChI=1S/C21H24ClN5O5S2/c1-27-16(5-6-24-27)13-9-17-15(10-14(13)22)26-21(33-17)19(34(30,31)8-7-32-2)20(29)23-11-18(28)25-12-3-4-12/h5-6,9-10,12,19H,3-4,7-8,11H2,1-2H3,(H,23,29)(H,25,28). The zero-order valence-electron chi connectivity index (χ0n) is 18.6. The molecular formula is C21H24ClN5O5S2. The summed E-state index contributed by atoms with van der Waals surface area (Å²) in [6.07, 6.45) is 3.46. The summed E-state index contributed by atoms with van der Waals surface area (Å²) in [4.78, 5) is 29.5. The molecule has 1 aromatic carbocycles. The number of aromatic nitrogens is 3. The summed E-state index contributed by atoms with van der Waals surface area (Å²) in [6, 6.07) is 5.38. The van der Waals surface area contributed by atoms with E-state index in [1.165, 1.54) is 7.11 Å². The van der Waals surface area contributed by atoms with Gasteiger partial charge in [-0.05, 0) is 31.0 Å². The quantitative estimate of drug-likeness (QED) is 0.412. The molecule has 0 radical (unpaired) electrons. The van der Waals surface area contributed by atoms with Crippen molar-refractivity contribution in [3.05, 3.63) is 34.4 Å². The Morgan fingerprint density at radius 2 is 2.12 bits per heavy atom. The van der Waals surface area contributed by atoms with E-state index in [0.717, 1.165) is 29.9 Å². The van der Waals surface area contributed by atoms with Crippen LogP contribution >= 0.6 is 22.9 Å². The maximum atomic E-state index is 13.1. The highest BCUT2D eigenvalue weighted by molar-refractivity contribution is 7.92. The van der Waals surface area contributed by atoms with Gasteiger partial charge in [0.2, 0.25) is 11.8 Å². The minimum absolute atomic E-state index is 0.0738. The molecule has 3 aromatic rings. The molecule has 2 heterocycles. The number of fused-ring (bicyclic) bond motifs is 1. The minimum Gasteiger partial charge on any atom is -0.384 e.